The number of esters is 1. The molecule has 0 aromatic rings. The van der Waals surface area contributed by atoms with E-state index in [4.69, 9.17) is 23.1 Å². The van der Waals surface area contributed by atoms with Crippen molar-refractivity contribution in [1.29, 1.82) is 0 Å². The van der Waals surface area contributed by atoms with Crippen molar-refractivity contribution in [2.45, 2.75) is 142 Å². The molecule has 248 valence electrons. The van der Waals surface area contributed by atoms with Crippen LogP contribution in [0.25, 0.3) is 0 Å². The van der Waals surface area contributed by atoms with Crippen LogP contribution in [0.15, 0.2) is 12.2 Å². The number of nitrogens with one attached hydrogen (secondary N) is 1. The molecule has 0 aliphatic rings. The highest BCUT2D eigenvalue weighted by Crippen LogP contribution is 2.42. The Morgan fingerprint density at radius 1 is 0.786 bits per heavy atom. The van der Waals surface area contributed by atoms with E-state index in [1.165, 1.54) is 18.9 Å². The lowest BCUT2D eigenvalue weighted by Gasteiger charge is -2.54. The van der Waals surface area contributed by atoms with Crippen LogP contribution in [0.1, 0.15) is 80.1 Å². The Hall–Kier alpha value is -0.989. The number of hydrogen-bond acceptors (Lipinski definition) is 7. The van der Waals surface area contributed by atoms with Gasteiger partial charge in [-0.25, -0.2) is 9.59 Å². The summed E-state index contributed by atoms with van der Waals surface area (Å²) in [5, 5.41) is 2.25. The molecule has 1 amide bonds. The van der Waals surface area contributed by atoms with Crippen molar-refractivity contribution in [3.63, 3.8) is 0 Å². The summed E-state index contributed by atoms with van der Waals surface area (Å²) in [4.78, 5) is 23.1. The number of alkyl carbamates (subject to hydrolysis) is 1. The van der Waals surface area contributed by atoms with Crippen LogP contribution in [-0.2, 0) is 27.9 Å². The molecule has 0 fully saturated rings. The van der Waals surface area contributed by atoms with Crippen LogP contribution >= 0.6 is 0 Å². The van der Waals surface area contributed by atoms with E-state index in [0.29, 0.717) is 18.8 Å². The summed E-state index contributed by atoms with van der Waals surface area (Å²) in [5.41, 5.74) is 0.320. The standard InChI is InChI=1S/C31H65NO7Si3/c1-14-18-25-40(8,9)30(7,15-2)38-42(12,13)31(16-3,17-4)39-41(10,11)26-19-21-35-23-24-37-29(34)32-20-22-36-28(33)27(5)6/h5,14-26H2,1-4,6-13H3,(H,32,34). The highest BCUT2D eigenvalue weighted by atomic mass is 28.4. The first-order chi connectivity index (χ1) is 19.4. The summed E-state index contributed by atoms with van der Waals surface area (Å²) in [6, 6.07) is 2.29. The molecule has 0 aromatic heterocycles. The molecule has 0 aliphatic carbocycles. The molecular weight excluding hydrogens is 583 g/mol. The molecule has 0 saturated heterocycles. The van der Waals surface area contributed by atoms with Crippen molar-refractivity contribution in [2.24, 2.45) is 0 Å². The third kappa shape index (κ3) is 13.3. The monoisotopic (exact) mass is 647 g/mol. The number of unbranched alkanes of at least 4 members (excludes halogenated alkanes) is 1. The van der Waals surface area contributed by atoms with Crippen molar-refractivity contribution in [2.75, 3.05) is 33.0 Å². The molecule has 0 rings (SSSR count). The summed E-state index contributed by atoms with van der Waals surface area (Å²) in [6.45, 7) is 32.3. The highest BCUT2D eigenvalue weighted by Gasteiger charge is 2.55. The van der Waals surface area contributed by atoms with Gasteiger partial charge in [-0.15, -0.1) is 0 Å². The minimum Gasteiger partial charge on any atom is -0.460 e. The normalized spacial score (nSPS) is 14.3. The lowest BCUT2D eigenvalue weighted by atomic mass is 10.2. The first kappa shape index (κ1) is 41.0. The first-order valence-electron chi connectivity index (χ1n) is 16.1. The Bertz CT molecular complexity index is 831. The maximum atomic E-state index is 11.8. The molecule has 0 heterocycles. The van der Waals surface area contributed by atoms with Gasteiger partial charge in [-0.1, -0.05) is 66.3 Å². The maximum absolute atomic E-state index is 11.8. The third-order valence-corrected chi connectivity index (χ3v) is 20.7. The van der Waals surface area contributed by atoms with Gasteiger partial charge in [-0.05, 0) is 71.8 Å². The van der Waals surface area contributed by atoms with E-state index in [1.807, 2.05) is 0 Å². The average molecular weight is 648 g/mol. The second kappa shape index (κ2) is 18.7. The summed E-state index contributed by atoms with van der Waals surface area (Å²) in [7, 11) is -5.89. The van der Waals surface area contributed by atoms with Crippen LogP contribution in [-0.4, -0.2) is 80.2 Å². The number of ether oxygens (including phenoxy) is 3. The fraction of sp³-hybridized carbons (Fsp3) is 0.871. The molecule has 0 aromatic carbocycles. The van der Waals surface area contributed by atoms with Crippen LogP contribution in [0.4, 0.5) is 4.79 Å². The molecule has 0 radical (unpaired) electrons. The zero-order valence-corrected chi connectivity index (χ0v) is 32.3. The van der Waals surface area contributed by atoms with Gasteiger partial charge in [0.2, 0.25) is 8.32 Å². The molecule has 0 spiro atoms. The van der Waals surface area contributed by atoms with Crippen molar-refractivity contribution >= 4 is 36.8 Å². The Kier molecular flexibility index (Phi) is 18.3. The number of carbonyl (C=O) groups excluding carboxylic acids is 2. The zero-order chi connectivity index (χ0) is 32.7. The quantitative estimate of drug-likeness (QED) is 0.0520. The summed E-state index contributed by atoms with van der Waals surface area (Å²) >= 11 is 0. The van der Waals surface area contributed by atoms with Crippen molar-refractivity contribution in [3.8, 4) is 0 Å². The Balaban J connectivity index is 4.86. The van der Waals surface area contributed by atoms with Crippen molar-refractivity contribution < 1.29 is 32.7 Å². The number of hydrogen-bond donors (Lipinski definition) is 1. The van der Waals surface area contributed by atoms with Gasteiger partial charge < -0.3 is 28.4 Å². The maximum Gasteiger partial charge on any atom is 0.407 e. The van der Waals surface area contributed by atoms with Gasteiger partial charge in [-0.3, -0.25) is 0 Å². The van der Waals surface area contributed by atoms with Gasteiger partial charge in [0.25, 0.3) is 0 Å². The molecule has 42 heavy (non-hydrogen) atoms. The fourth-order valence-corrected chi connectivity index (χ4v) is 17.6. The van der Waals surface area contributed by atoms with Crippen LogP contribution in [0.2, 0.25) is 51.4 Å². The average Bonchev–Trinajstić information content (AvgIpc) is 2.91. The van der Waals surface area contributed by atoms with E-state index in [2.05, 4.69) is 85.8 Å². The van der Waals surface area contributed by atoms with Crippen LogP contribution in [0, 0.1) is 0 Å². The lowest BCUT2D eigenvalue weighted by Crippen LogP contribution is -2.67. The van der Waals surface area contributed by atoms with E-state index in [9.17, 15) is 9.59 Å². The summed E-state index contributed by atoms with van der Waals surface area (Å²) in [6.07, 6.45) is 5.81. The van der Waals surface area contributed by atoms with Crippen LogP contribution in [0.3, 0.4) is 0 Å². The molecular formula is C31H65NO7Si3. The molecule has 11 heteroatoms. The van der Waals surface area contributed by atoms with E-state index in [0.717, 1.165) is 31.7 Å². The topological polar surface area (TPSA) is 92.3 Å². The predicted octanol–water partition coefficient (Wildman–Crippen LogP) is 8.00. The van der Waals surface area contributed by atoms with Crippen molar-refractivity contribution in [3.05, 3.63) is 12.2 Å². The van der Waals surface area contributed by atoms with Gasteiger partial charge >= 0.3 is 12.1 Å². The highest BCUT2D eigenvalue weighted by molar-refractivity contribution is 6.82. The first-order valence-corrected chi connectivity index (χ1v) is 25.3. The SMILES string of the molecule is C=C(C)C(=O)OCCNC(=O)OCCOCCC[Si](C)(C)OC(CC)(CC)[Si](C)(C)OC(C)(CC)[Si](C)(C)CCCC. The predicted molar refractivity (Wildman–Crippen MR) is 182 cm³/mol. The molecule has 1 atom stereocenters. The summed E-state index contributed by atoms with van der Waals surface area (Å²) in [5.74, 6) is -0.479. The zero-order valence-electron chi connectivity index (χ0n) is 29.3. The minimum atomic E-state index is -2.26. The smallest absolute Gasteiger partial charge is 0.407 e. The third-order valence-electron chi connectivity index (χ3n) is 8.93. The molecule has 8 nitrogen and oxygen atoms in total. The van der Waals surface area contributed by atoms with E-state index in [1.54, 1.807) is 6.92 Å². The molecule has 0 aliphatic heterocycles. The van der Waals surface area contributed by atoms with Gasteiger partial charge in [0.05, 0.1) is 26.4 Å². The summed E-state index contributed by atoms with van der Waals surface area (Å²) < 4.78 is 30.4. The van der Waals surface area contributed by atoms with Crippen LogP contribution < -0.4 is 5.32 Å². The van der Waals surface area contributed by atoms with E-state index < -0.39 is 36.8 Å². The second-order valence-corrected chi connectivity index (χ2v) is 27.1. The lowest BCUT2D eigenvalue weighted by molar-refractivity contribution is -0.138. The Morgan fingerprint density at radius 3 is 1.93 bits per heavy atom. The van der Waals surface area contributed by atoms with Crippen molar-refractivity contribution in [1.82, 2.24) is 5.32 Å². The van der Waals surface area contributed by atoms with Gasteiger partial charge in [0.1, 0.15) is 13.2 Å². The molecule has 1 N–H and O–H groups in total. The minimum absolute atomic E-state index is 0.0627. The number of rotatable bonds is 23. The molecule has 1 unspecified atom stereocenters. The second-order valence-electron chi connectivity index (χ2n) is 13.4. The number of amides is 1. The Labute approximate surface area is 261 Å². The van der Waals surface area contributed by atoms with Gasteiger partial charge in [0.15, 0.2) is 8.32 Å². The molecule has 0 saturated carbocycles. The molecule has 0 bridgehead atoms. The van der Waals surface area contributed by atoms with E-state index >= 15 is 0 Å². The Morgan fingerprint density at radius 2 is 1.40 bits per heavy atom. The van der Waals surface area contributed by atoms with Gasteiger partial charge in [-0.2, -0.15) is 0 Å². The van der Waals surface area contributed by atoms with Gasteiger partial charge in [0, 0.05) is 17.4 Å². The van der Waals surface area contributed by atoms with Crippen LogP contribution in [0.5, 0.6) is 0 Å². The largest absolute Gasteiger partial charge is 0.460 e. The number of carbonyl (C=O) groups is 2. The van der Waals surface area contributed by atoms with E-state index in [-0.39, 0.29) is 30.2 Å². The fourth-order valence-electron chi connectivity index (χ4n) is 5.54.